The van der Waals surface area contributed by atoms with Crippen molar-refractivity contribution in [2.24, 2.45) is 5.92 Å². The number of hydrogen-bond donors (Lipinski definition) is 0. The van der Waals surface area contributed by atoms with Crippen LogP contribution in [0.5, 0.6) is 5.75 Å². The first-order chi connectivity index (χ1) is 6.29. The first-order valence-electron chi connectivity index (χ1n) is 4.95. The molecule has 70 valence electrons. The number of rotatable bonds is 1. The topological polar surface area (TPSA) is 9.23 Å². The Hall–Kier alpha value is -0.980. The molecule has 1 aliphatic carbocycles. The smallest absolute Gasteiger partial charge is 0.119 e. The monoisotopic (exact) mass is 176 g/mol. The highest BCUT2D eigenvalue weighted by atomic mass is 16.5. The van der Waals surface area contributed by atoms with Crippen LogP contribution in [0.25, 0.3) is 0 Å². The molecule has 1 unspecified atom stereocenters. The van der Waals surface area contributed by atoms with E-state index in [2.05, 4.69) is 25.1 Å². The van der Waals surface area contributed by atoms with Gasteiger partial charge >= 0.3 is 0 Å². The molecule has 1 atom stereocenters. The summed E-state index contributed by atoms with van der Waals surface area (Å²) in [4.78, 5) is 0. The average molecular weight is 176 g/mol. The Kier molecular flexibility index (Phi) is 2.26. The zero-order valence-electron chi connectivity index (χ0n) is 8.34. The lowest BCUT2D eigenvalue weighted by Gasteiger charge is -2.21. The molecule has 0 aliphatic heterocycles. The molecule has 0 amide bonds. The second-order valence-corrected chi connectivity index (χ2v) is 3.98. The highest BCUT2D eigenvalue weighted by Crippen LogP contribution is 2.27. The summed E-state index contributed by atoms with van der Waals surface area (Å²) in [5.74, 6) is 1.84. The van der Waals surface area contributed by atoms with Crippen LogP contribution in [0.2, 0.25) is 0 Å². The summed E-state index contributed by atoms with van der Waals surface area (Å²) in [7, 11) is 1.73. The normalized spacial score (nSPS) is 20.9. The lowest BCUT2D eigenvalue weighted by molar-refractivity contribution is 0.412. The van der Waals surface area contributed by atoms with Crippen LogP contribution in [-0.4, -0.2) is 7.11 Å². The van der Waals surface area contributed by atoms with Gasteiger partial charge < -0.3 is 4.74 Å². The summed E-state index contributed by atoms with van der Waals surface area (Å²) in [5.41, 5.74) is 3.00. The zero-order valence-corrected chi connectivity index (χ0v) is 8.34. The molecule has 0 radical (unpaired) electrons. The van der Waals surface area contributed by atoms with Gasteiger partial charge in [0.1, 0.15) is 5.75 Å². The minimum absolute atomic E-state index is 0.848. The second kappa shape index (κ2) is 3.41. The van der Waals surface area contributed by atoms with E-state index >= 15 is 0 Å². The van der Waals surface area contributed by atoms with Gasteiger partial charge in [-0.15, -0.1) is 0 Å². The fraction of sp³-hybridized carbons (Fsp3) is 0.500. The van der Waals surface area contributed by atoms with Crippen LogP contribution < -0.4 is 4.74 Å². The van der Waals surface area contributed by atoms with E-state index < -0.39 is 0 Å². The van der Waals surface area contributed by atoms with Crippen molar-refractivity contribution in [2.45, 2.75) is 26.2 Å². The largest absolute Gasteiger partial charge is 0.497 e. The van der Waals surface area contributed by atoms with Gasteiger partial charge in [0.2, 0.25) is 0 Å². The molecule has 0 N–H and O–H groups in total. The zero-order chi connectivity index (χ0) is 9.26. The molecule has 1 nitrogen and oxygen atoms in total. The summed E-state index contributed by atoms with van der Waals surface area (Å²) in [6.07, 6.45) is 3.77. The summed E-state index contributed by atoms with van der Waals surface area (Å²) in [5, 5.41) is 0. The summed E-state index contributed by atoms with van der Waals surface area (Å²) in [6.45, 7) is 2.33. The van der Waals surface area contributed by atoms with E-state index in [1.54, 1.807) is 7.11 Å². The maximum absolute atomic E-state index is 5.21. The van der Waals surface area contributed by atoms with Crippen molar-refractivity contribution in [1.82, 2.24) is 0 Å². The van der Waals surface area contributed by atoms with E-state index in [1.165, 1.54) is 30.4 Å². The van der Waals surface area contributed by atoms with Gasteiger partial charge in [-0.05, 0) is 48.4 Å². The second-order valence-electron chi connectivity index (χ2n) is 3.98. The highest BCUT2D eigenvalue weighted by Gasteiger charge is 2.14. The predicted octanol–water partition coefficient (Wildman–Crippen LogP) is 2.82. The molecule has 0 saturated carbocycles. The minimum Gasteiger partial charge on any atom is -0.497 e. The molecule has 0 aromatic heterocycles. The summed E-state index contributed by atoms with van der Waals surface area (Å²) in [6, 6.07) is 6.46. The third-order valence-electron chi connectivity index (χ3n) is 2.89. The van der Waals surface area contributed by atoms with Gasteiger partial charge in [0.25, 0.3) is 0 Å². The Morgan fingerprint density at radius 1 is 1.31 bits per heavy atom. The molecule has 0 spiro atoms. The van der Waals surface area contributed by atoms with Crippen LogP contribution in [0, 0.1) is 5.92 Å². The number of ether oxygens (including phenoxy) is 1. The minimum atomic E-state index is 0.848. The van der Waals surface area contributed by atoms with Gasteiger partial charge in [0, 0.05) is 0 Å². The fourth-order valence-corrected chi connectivity index (χ4v) is 2.04. The van der Waals surface area contributed by atoms with Crippen molar-refractivity contribution in [1.29, 1.82) is 0 Å². The summed E-state index contributed by atoms with van der Waals surface area (Å²) >= 11 is 0. The van der Waals surface area contributed by atoms with Crippen LogP contribution in [0.15, 0.2) is 18.2 Å². The SMILES string of the molecule is COc1ccc2c(c1)CCC(C)C2. The van der Waals surface area contributed by atoms with Gasteiger partial charge in [0.05, 0.1) is 7.11 Å². The van der Waals surface area contributed by atoms with E-state index in [-0.39, 0.29) is 0 Å². The van der Waals surface area contributed by atoms with Crippen LogP contribution in [0.4, 0.5) is 0 Å². The Morgan fingerprint density at radius 3 is 2.92 bits per heavy atom. The molecule has 13 heavy (non-hydrogen) atoms. The Bertz CT molecular complexity index is 304. The van der Waals surface area contributed by atoms with Gasteiger partial charge in [-0.25, -0.2) is 0 Å². The van der Waals surface area contributed by atoms with Crippen molar-refractivity contribution in [2.75, 3.05) is 7.11 Å². The van der Waals surface area contributed by atoms with Gasteiger partial charge in [-0.3, -0.25) is 0 Å². The Morgan fingerprint density at radius 2 is 2.15 bits per heavy atom. The maximum Gasteiger partial charge on any atom is 0.119 e. The van der Waals surface area contributed by atoms with Crippen molar-refractivity contribution in [3.8, 4) is 5.75 Å². The molecular weight excluding hydrogens is 160 g/mol. The molecule has 1 heteroatoms. The van der Waals surface area contributed by atoms with Gasteiger partial charge in [-0.1, -0.05) is 13.0 Å². The lowest BCUT2D eigenvalue weighted by Crippen LogP contribution is -2.10. The standard InChI is InChI=1S/C12H16O/c1-9-3-4-11-8-12(13-2)6-5-10(11)7-9/h5-6,8-9H,3-4,7H2,1-2H3. The molecule has 0 bridgehead atoms. The average Bonchev–Trinajstić information content (AvgIpc) is 2.17. The van der Waals surface area contributed by atoms with Crippen LogP contribution in [0.3, 0.4) is 0 Å². The molecule has 1 aliphatic rings. The Labute approximate surface area is 79.7 Å². The third-order valence-corrected chi connectivity index (χ3v) is 2.89. The molecule has 2 rings (SSSR count). The van der Waals surface area contributed by atoms with Crippen LogP contribution in [-0.2, 0) is 12.8 Å². The Balaban J connectivity index is 2.31. The molecule has 1 aromatic carbocycles. The number of fused-ring (bicyclic) bond motifs is 1. The number of benzene rings is 1. The van der Waals surface area contributed by atoms with Crippen molar-refractivity contribution >= 4 is 0 Å². The molecule has 0 fully saturated rings. The molecule has 0 heterocycles. The van der Waals surface area contributed by atoms with E-state index in [1.807, 2.05) is 0 Å². The first-order valence-corrected chi connectivity index (χ1v) is 4.95. The van der Waals surface area contributed by atoms with Crippen molar-refractivity contribution < 1.29 is 4.74 Å². The number of methoxy groups -OCH3 is 1. The van der Waals surface area contributed by atoms with E-state index in [0.717, 1.165) is 11.7 Å². The predicted molar refractivity (Wildman–Crippen MR) is 54.2 cm³/mol. The maximum atomic E-state index is 5.21. The van der Waals surface area contributed by atoms with Gasteiger partial charge in [0.15, 0.2) is 0 Å². The highest BCUT2D eigenvalue weighted by molar-refractivity contribution is 5.37. The molecule has 0 saturated heterocycles. The third kappa shape index (κ3) is 1.69. The van der Waals surface area contributed by atoms with Crippen LogP contribution >= 0.6 is 0 Å². The van der Waals surface area contributed by atoms with Crippen molar-refractivity contribution in [3.05, 3.63) is 29.3 Å². The van der Waals surface area contributed by atoms with E-state index in [4.69, 9.17) is 4.74 Å². The van der Waals surface area contributed by atoms with Crippen molar-refractivity contribution in [3.63, 3.8) is 0 Å². The number of aryl methyl sites for hydroxylation is 1. The number of hydrogen-bond acceptors (Lipinski definition) is 1. The molecule has 1 aromatic rings. The van der Waals surface area contributed by atoms with E-state index in [0.29, 0.717) is 0 Å². The lowest BCUT2D eigenvalue weighted by atomic mass is 9.85. The fourth-order valence-electron chi connectivity index (χ4n) is 2.04. The van der Waals surface area contributed by atoms with Gasteiger partial charge in [-0.2, -0.15) is 0 Å². The summed E-state index contributed by atoms with van der Waals surface area (Å²) < 4.78 is 5.21. The van der Waals surface area contributed by atoms with Crippen LogP contribution in [0.1, 0.15) is 24.5 Å². The first kappa shape index (κ1) is 8.61. The quantitative estimate of drug-likeness (QED) is 0.639. The van der Waals surface area contributed by atoms with E-state index in [9.17, 15) is 0 Å². The molecular formula is C12H16O.